The summed E-state index contributed by atoms with van der Waals surface area (Å²) in [6, 6.07) is 0. The highest BCUT2D eigenvalue weighted by atomic mass is 16.6. The normalized spacial score (nSPS) is 26.8. The summed E-state index contributed by atoms with van der Waals surface area (Å²) in [5, 5.41) is 29.2. The van der Waals surface area contributed by atoms with Crippen molar-refractivity contribution in [1.82, 2.24) is 19.1 Å². The number of aliphatic hydroxyl groups excluding tert-OH is 3. The van der Waals surface area contributed by atoms with Gasteiger partial charge >= 0.3 is 5.69 Å². The predicted octanol–water partition coefficient (Wildman–Crippen LogP) is -3.29. The number of aliphatic hydroxyl groups is 3. The molecule has 1 aliphatic heterocycles. The van der Waals surface area contributed by atoms with Gasteiger partial charge in [0.1, 0.15) is 18.3 Å². The third-order valence-electron chi connectivity index (χ3n) is 3.85. The van der Waals surface area contributed by atoms with Gasteiger partial charge in [0.15, 0.2) is 17.4 Å². The van der Waals surface area contributed by atoms with Gasteiger partial charge in [-0.2, -0.15) is 4.98 Å². The van der Waals surface area contributed by atoms with Crippen LogP contribution in [0.4, 0.5) is 5.95 Å². The van der Waals surface area contributed by atoms with Gasteiger partial charge in [0.2, 0.25) is 5.95 Å². The van der Waals surface area contributed by atoms with Crippen molar-refractivity contribution in [3.8, 4) is 12.3 Å². The molecule has 1 saturated heterocycles. The van der Waals surface area contributed by atoms with Crippen LogP contribution in [0.2, 0.25) is 0 Å². The van der Waals surface area contributed by atoms with Crippen LogP contribution in [0.1, 0.15) is 6.23 Å². The maximum absolute atomic E-state index is 12.6. The summed E-state index contributed by atoms with van der Waals surface area (Å²) in [6.07, 6.45) is -0.171. The van der Waals surface area contributed by atoms with Gasteiger partial charge in [-0.3, -0.25) is 14.3 Å². The standard InChI is InChI=1S/C13H15N5O6/c1-2-3-17-6-9(15-12(14)16-10(6)22)18(13(17)23)11-8(21)7(20)5(4-19)24-11/h1,5,7-8,11,19-21H,3-4H2,(H3,14,15,16,22)/t5-,7+,8-,11-/m1/s1. The van der Waals surface area contributed by atoms with Gasteiger partial charge in [-0.1, -0.05) is 5.92 Å². The molecule has 3 heterocycles. The first kappa shape index (κ1) is 16.2. The average Bonchev–Trinajstić information content (AvgIpc) is 2.96. The van der Waals surface area contributed by atoms with Crippen LogP contribution < -0.4 is 17.0 Å². The molecule has 24 heavy (non-hydrogen) atoms. The van der Waals surface area contributed by atoms with E-state index in [1.165, 1.54) is 0 Å². The number of ether oxygens (including phenoxy) is 1. The number of aromatic amines is 1. The van der Waals surface area contributed by atoms with Crippen molar-refractivity contribution in [3.63, 3.8) is 0 Å². The zero-order valence-electron chi connectivity index (χ0n) is 12.3. The van der Waals surface area contributed by atoms with Crippen LogP contribution in [-0.2, 0) is 11.3 Å². The molecule has 0 aromatic carbocycles. The van der Waals surface area contributed by atoms with E-state index in [1.54, 1.807) is 0 Å². The van der Waals surface area contributed by atoms with Crippen molar-refractivity contribution in [3.05, 3.63) is 20.8 Å². The third-order valence-corrected chi connectivity index (χ3v) is 3.85. The van der Waals surface area contributed by atoms with E-state index in [9.17, 15) is 24.9 Å². The average molecular weight is 337 g/mol. The smallest absolute Gasteiger partial charge is 0.333 e. The number of nitrogen functional groups attached to an aromatic ring is 1. The second kappa shape index (κ2) is 5.77. The van der Waals surface area contributed by atoms with Crippen molar-refractivity contribution < 1.29 is 20.1 Å². The Morgan fingerprint density at radius 1 is 1.38 bits per heavy atom. The minimum atomic E-state index is -1.52. The Morgan fingerprint density at radius 3 is 2.67 bits per heavy atom. The Kier molecular flexibility index (Phi) is 3.90. The highest BCUT2D eigenvalue weighted by Crippen LogP contribution is 2.30. The molecule has 0 unspecified atom stereocenters. The van der Waals surface area contributed by atoms with Gasteiger partial charge in [-0.05, 0) is 0 Å². The summed E-state index contributed by atoms with van der Waals surface area (Å²) in [6.45, 7) is -0.783. The van der Waals surface area contributed by atoms with Crippen LogP contribution in [0.3, 0.4) is 0 Å². The number of hydrogen-bond acceptors (Lipinski definition) is 8. The number of aromatic nitrogens is 4. The van der Waals surface area contributed by atoms with Gasteiger partial charge in [-0.15, -0.1) is 6.42 Å². The molecule has 0 radical (unpaired) electrons. The Morgan fingerprint density at radius 2 is 2.08 bits per heavy atom. The number of hydrogen-bond donors (Lipinski definition) is 5. The van der Waals surface area contributed by atoms with Crippen LogP contribution in [0.15, 0.2) is 9.59 Å². The molecule has 0 saturated carbocycles. The first-order valence-electron chi connectivity index (χ1n) is 6.97. The summed E-state index contributed by atoms with van der Waals surface area (Å²) in [4.78, 5) is 30.9. The van der Waals surface area contributed by atoms with Crippen molar-refractivity contribution in [2.75, 3.05) is 12.3 Å². The van der Waals surface area contributed by atoms with E-state index in [4.69, 9.17) is 16.9 Å². The molecule has 6 N–H and O–H groups in total. The minimum absolute atomic E-state index is 0.134. The molecule has 2 aromatic heterocycles. The van der Waals surface area contributed by atoms with Gasteiger partial charge < -0.3 is 25.8 Å². The number of H-pyrrole nitrogens is 1. The first-order chi connectivity index (χ1) is 11.4. The van der Waals surface area contributed by atoms with E-state index in [0.717, 1.165) is 9.13 Å². The summed E-state index contributed by atoms with van der Waals surface area (Å²) >= 11 is 0. The molecule has 11 nitrogen and oxygen atoms in total. The lowest BCUT2D eigenvalue weighted by Gasteiger charge is -2.15. The molecule has 128 valence electrons. The molecule has 0 spiro atoms. The Balaban J connectivity index is 2.30. The monoisotopic (exact) mass is 337 g/mol. The van der Waals surface area contributed by atoms with Gasteiger partial charge in [0.25, 0.3) is 5.56 Å². The Labute approximate surface area is 133 Å². The summed E-state index contributed by atoms with van der Waals surface area (Å²) in [7, 11) is 0. The van der Waals surface area contributed by atoms with Crippen molar-refractivity contribution >= 4 is 17.1 Å². The SMILES string of the molecule is C#CCn1c(=O)n([C@@H]2O[C@H](CO)[C@H](O)[C@H]2O)c2nc(N)[nH]c(=O)c21. The molecular weight excluding hydrogens is 322 g/mol. The van der Waals surface area contributed by atoms with E-state index in [2.05, 4.69) is 15.9 Å². The van der Waals surface area contributed by atoms with E-state index in [-0.39, 0.29) is 23.7 Å². The van der Waals surface area contributed by atoms with Crippen molar-refractivity contribution in [1.29, 1.82) is 0 Å². The number of nitrogens with zero attached hydrogens (tertiary/aromatic N) is 3. The summed E-state index contributed by atoms with van der Waals surface area (Å²) in [5.41, 5.74) is 3.79. The number of fused-ring (bicyclic) bond motifs is 1. The summed E-state index contributed by atoms with van der Waals surface area (Å²) < 4.78 is 7.21. The van der Waals surface area contributed by atoms with Crippen molar-refractivity contribution in [2.45, 2.75) is 31.1 Å². The van der Waals surface area contributed by atoms with E-state index in [0.29, 0.717) is 0 Å². The van der Waals surface area contributed by atoms with Crippen LogP contribution >= 0.6 is 0 Å². The van der Waals surface area contributed by atoms with E-state index >= 15 is 0 Å². The zero-order chi connectivity index (χ0) is 17.6. The fourth-order valence-corrected chi connectivity index (χ4v) is 2.76. The Bertz CT molecular complexity index is 937. The third kappa shape index (κ3) is 2.21. The fraction of sp³-hybridized carbons (Fsp3) is 0.462. The van der Waals surface area contributed by atoms with Crippen LogP contribution in [0.25, 0.3) is 11.2 Å². The second-order valence-corrected chi connectivity index (χ2v) is 5.30. The zero-order valence-corrected chi connectivity index (χ0v) is 12.3. The number of rotatable bonds is 3. The number of nitrogens with two attached hydrogens (primary N) is 1. The molecule has 3 rings (SSSR count). The lowest BCUT2D eigenvalue weighted by molar-refractivity contribution is -0.0527. The van der Waals surface area contributed by atoms with Gasteiger partial charge in [-0.25, -0.2) is 9.36 Å². The highest BCUT2D eigenvalue weighted by molar-refractivity contribution is 5.72. The number of terminal acetylenes is 1. The van der Waals surface area contributed by atoms with Crippen LogP contribution in [0, 0.1) is 12.3 Å². The summed E-state index contributed by atoms with van der Waals surface area (Å²) in [5.74, 6) is 2.00. The Hall–Kier alpha value is -2.65. The molecule has 4 atom stereocenters. The molecule has 0 aliphatic carbocycles. The fourth-order valence-electron chi connectivity index (χ4n) is 2.76. The molecule has 1 aliphatic rings. The lowest BCUT2D eigenvalue weighted by Crippen LogP contribution is -2.36. The lowest BCUT2D eigenvalue weighted by atomic mass is 10.1. The molecule has 2 aromatic rings. The molecular formula is C13H15N5O6. The van der Waals surface area contributed by atoms with Gasteiger partial charge in [0, 0.05) is 0 Å². The second-order valence-electron chi connectivity index (χ2n) is 5.30. The number of nitrogens with one attached hydrogen (secondary N) is 1. The highest BCUT2D eigenvalue weighted by Gasteiger charge is 2.45. The predicted molar refractivity (Wildman–Crippen MR) is 80.9 cm³/mol. The quantitative estimate of drug-likeness (QED) is 0.363. The number of imidazole rings is 1. The maximum atomic E-state index is 12.6. The first-order valence-corrected chi connectivity index (χ1v) is 6.97. The molecule has 11 heteroatoms. The largest absolute Gasteiger partial charge is 0.394 e. The molecule has 0 amide bonds. The topological polar surface area (TPSA) is 169 Å². The van der Waals surface area contributed by atoms with Crippen molar-refractivity contribution in [2.24, 2.45) is 0 Å². The number of anilines is 1. The van der Waals surface area contributed by atoms with Crippen LogP contribution in [-0.4, -0.2) is 59.3 Å². The molecule has 1 fully saturated rings. The minimum Gasteiger partial charge on any atom is -0.394 e. The van der Waals surface area contributed by atoms with Gasteiger partial charge in [0.05, 0.1) is 13.2 Å². The molecule has 0 bridgehead atoms. The maximum Gasteiger partial charge on any atom is 0.333 e. The van der Waals surface area contributed by atoms with Crippen LogP contribution in [0.5, 0.6) is 0 Å². The van der Waals surface area contributed by atoms with E-state index in [1.807, 2.05) is 0 Å². The van der Waals surface area contributed by atoms with E-state index < -0.39 is 42.4 Å².